The minimum atomic E-state index is -0.282. The van der Waals surface area contributed by atoms with Crippen LogP contribution >= 0.6 is 0 Å². The molecular formula is C15H19NO3. The van der Waals surface area contributed by atoms with Crippen LogP contribution < -0.4 is 0 Å². The van der Waals surface area contributed by atoms with Crippen molar-refractivity contribution in [2.75, 3.05) is 7.05 Å². The number of rotatable bonds is 2. The molecule has 4 nitrogen and oxygen atoms in total. The number of fused-ring (bicyclic) bond motifs is 2. The highest BCUT2D eigenvalue weighted by atomic mass is 16.5. The fraction of sp³-hybridized carbons (Fsp3) is 0.533. The molecule has 1 aromatic carbocycles. The van der Waals surface area contributed by atoms with Crippen molar-refractivity contribution >= 4 is 5.97 Å². The van der Waals surface area contributed by atoms with Gasteiger partial charge in [0.15, 0.2) is 0 Å². The summed E-state index contributed by atoms with van der Waals surface area (Å²) in [5.41, 5.74) is 0.592. The molecule has 2 aliphatic heterocycles. The van der Waals surface area contributed by atoms with E-state index in [9.17, 15) is 9.90 Å². The SMILES string of the molecule is CN1C2CC(OC(=O)c3ccccc3)CC1C(O)C2. The number of ether oxygens (including phenoxy) is 1. The van der Waals surface area contributed by atoms with E-state index in [1.54, 1.807) is 12.1 Å². The van der Waals surface area contributed by atoms with Crippen LogP contribution in [0.25, 0.3) is 0 Å². The van der Waals surface area contributed by atoms with Crippen molar-refractivity contribution < 1.29 is 14.6 Å². The quantitative estimate of drug-likeness (QED) is 0.818. The van der Waals surface area contributed by atoms with E-state index >= 15 is 0 Å². The fourth-order valence-corrected chi connectivity index (χ4v) is 3.29. The summed E-state index contributed by atoms with van der Waals surface area (Å²) in [6.45, 7) is 0. The molecule has 4 atom stereocenters. The second-order valence-corrected chi connectivity index (χ2v) is 5.55. The molecule has 0 amide bonds. The van der Waals surface area contributed by atoms with Gasteiger partial charge in [-0.3, -0.25) is 4.90 Å². The van der Waals surface area contributed by atoms with Crippen LogP contribution in [-0.2, 0) is 4.74 Å². The average Bonchev–Trinajstić information content (AvgIpc) is 2.59. The van der Waals surface area contributed by atoms with Gasteiger partial charge in [-0.2, -0.15) is 0 Å². The number of likely N-dealkylation sites (N-methyl/N-ethyl adjacent to an activating group) is 1. The van der Waals surface area contributed by atoms with Crippen molar-refractivity contribution in [2.45, 2.75) is 43.6 Å². The molecule has 2 bridgehead atoms. The van der Waals surface area contributed by atoms with Gasteiger partial charge in [0.1, 0.15) is 6.10 Å². The summed E-state index contributed by atoms with van der Waals surface area (Å²) in [4.78, 5) is 14.2. The van der Waals surface area contributed by atoms with Gasteiger partial charge in [-0.15, -0.1) is 0 Å². The van der Waals surface area contributed by atoms with Gasteiger partial charge in [0.2, 0.25) is 0 Å². The molecule has 2 heterocycles. The van der Waals surface area contributed by atoms with Crippen LogP contribution in [0.3, 0.4) is 0 Å². The number of aliphatic hydroxyl groups excluding tert-OH is 1. The van der Waals surface area contributed by atoms with E-state index in [4.69, 9.17) is 4.74 Å². The van der Waals surface area contributed by atoms with Gasteiger partial charge in [0, 0.05) is 24.9 Å². The average molecular weight is 261 g/mol. The first kappa shape index (κ1) is 12.6. The molecule has 1 aromatic rings. The fourth-order valence-electron chi connectivity index (χ4n) is 3.29. The number of benzene rings is 1. The lowest BCUT2D eigenvalue weighted by Gasteiger charge is -2.36. The Hall–Kier alpha value is -1.39. The third kappa shape index (κ3) is 2.38. The van der Waals surface area contributed by atoms with Gasteiger partial charge in [0.05, 0.1) is 11.7 Å². The van der Waals surface area contributed by atoms with Crippen LogP contribution in [0.15, 0.2) is 30.3 Å². The Balaban J connectivity index is 1.65. The van der Waals surface area contributed by atoms with E-state index in [2.05, 4.69) is 4.90 Å². The van der Waals surface area contributed by atoms with Crippen LogP contribution in [0.1, 0.15) is 29.6 Å². The van der Waals surface area contributed by atoms with E-state index in [0.29, 0.717) is 11.6 Å². The molecule has 0 saturated carbocycles. The van der Waals surface area contributed by atoms with Crippen LogP contribution in [-0.4, -0.2) is 47.3 Å². The van der Waals surface area contributed by atoms with Crippen molar-refractivity contribution in [1.82, 2.24) is 4.90 Å². The molecule has 4 heteroatoms. The summed E-state index contributed by atoms with van der Waals surface area (Å²) < 4.78 is 5.58. The normalized spacial score (nSPS) is 34.2. The van der Waals surface area contributed by atoms with Crippen LogP contribution in [0.2, 0.25) is 0 Å². The lowest BCUT2D eigenvalue weighted by atomic mass is 10.00. The molecule has 0 spiro atoms. The molecule has 19 heavy (non-hydrogen) atoms. The summed E-state index contributed by atoms with van der Waals surface area (Å²) in [6.07, 6.45) is 1.99. The first-order valence-electron chi connectivity index (χ1n) is 6.81. The van der Waals surface area contributed by atoms with Gasteiger partial charge < -0.3 is 9.84 Å². The summed E-state index contributed by atoms with van der Waals surface area (Å²) in [5.74, 6) is -0.260. The number of esters is 1. The molecule has 2 aliphatic rings. The lowest BCUT2D eigenvalue weighted by Crippen LogP contribution is -2.45. The zero-order valence-electron chi connectivity index (χ0n) is 11.0. The highest BCUT2D eigenvalue weighted by Gasteiger charge is 2.45. The molecule has 2 saturated heterocycles. The number of nitrogens with zero attached hydrogens (tertiary/aromatic N) is 1. The minimum absolute atomic E-state index is 0.0731. The summed E-state index contributed by atoms with van der Waals surface area (Å²) in [7, 11) is 2.04. The Labute approximate surface area is 113 Å². The minimum Gasteiger partial charge on any atom is -0.459 e. The second-order valence-electron chi connectivity index (χ2n) is 5.55. The number of piperidine rings is 1. The first-order chi connectivity index (χ1) is 9.15. The topological polar surface area (TPSA) is 49.8 Å². The Morgan fingerprint density at radius 2 is 2.00 bits per heavy atom. The van der Waals surface area contributed by atoms with Crippen molar-refractivity contribution in [1.29, 1.82) is 0 Å². The van der Waals surface area contributed by atoms with Gasteiger partial charge in [-0.25, -0.2) is 4.79 Å². The highest BCUT2D eigenvalue weighted by molar-refractivity contribution is 5.89. The molecule has 0 aliphatic carbocycles. The van der Waals surface area contributed by atoms with E-state index < -0.39 is 0 Å². The number of hydrogen-bond donors (Lipinski definition) is 1. The maximum atomic E-state index is 12.0. The summed E-state index contributed by atoms with van der Waals surface area (Å²) in [6, 6.07) is 9.54. The van der Waals surface area contributed by atoms with Crippen molar-refractivity contribution in [2.24, 2.45) is 0 Å². The van der Waals surface area contributed by atoms with Crippen molar-refractivity contribution in [3.05, 3.63) is 35.9 Å². The number of hydrogen-bond acceptors (Lipinski definition) is 4. The van der Waals surface area contributed by atoms with Gasteiger partial charge in [-0.05, 0) is 25.6 Å². The van der Waals surface area contributed by atoms with Gasteiger partial charge in [0.25, 0.3) is 0 Å². The molecule has 0 aromatic heterocycles. The molecule has 4 unspecified atom stereocenters. The Morgan fingerprint density at radius 3 is 2.68 bits per heavy atom. The maximum Gasteiger partial charge on any atom is 0.338 e. The first-order valence-corrected chi connectivity index (χ1v) is 6.81. The van der Waals surface area contributed by atoms with Gasteiger partial charge in [-0.1, -0.05) is 18.2 Å². The molecular weight excluding hydrogens is 242 g/mol. The summed E-state index contributed by atoms with van der Waals surface area (Å²) >= 11 is 0. The van der Waals surface area contributed by atoms with Crippen molar-refractivity contribution in [3.63, 3.8) is 0 Å². The van der Waals surface area contributed by atoms with Crippen LogP contribution in [0.5, 0.6) is 0 Å². The predicted octanol–water partition coefficient (Wildman–Crippen LogP) is 1.44. The van der Waals surface area contributed by atoms with Crippen LogP contribution in [0.4, 0.5) is 0 Å². The molecule has 0 radical (unpaired) electrons. The smallest absolute Gasteiger partial charge is 0.338 e. The zero-order valence-corrected chi connectivity index (χ0v) is 11.0. The Kier molecular flexibility index (Phi) is 3.29. The largest absolute Gasteiger partial charge is 0.459 e. The maximum absolute atomic E-state index is 12.0. The molecule has 2 fully saturated rings. The number of carbonyl (C=O) groups excluding carboxylic acids is 1. The van der Waals surface area contributed by atoms with Crippen molar-refractivity contribution in [3.8, 4) is 0 Å². The third-order valence-electron chi connectivity index (χ3n) is 4.38. The molecule has 3 rings (SSSR count). The summed E-state index contributed by atoms with van der Waals surface area (Å²) in [5, 5.41) is 9.96. The van der Waals surface area contributed by atoms with E-state index in [1.165, 1.54) is 0 Å². The number of carbonyl (C=O) groups is 1. The Bertz CT molecular complexity index is 462. The number of aliphatic hydroxyl groups is 1. The molecule has 1 N–H and O–H groups in total. The van der Waals surface area contributed by atoms with E-state index in [1.807, 2.05) is 25.2 Å². The Morgan fingerprint density at radius 1 is 1.26 bits per heavy atom. The predicted molar refractivity (Wildman–Crippen MR) is 70.8 cm³/mol. The lowest BCUT2D eigenvalue weighted by molar-refractivity contribution is -0.00833. The highest BCUT2D eigenvalue weighted by Crippen LogP contribution is 2.36. The van der Waals surface area contributed by atoms with Gasteiger partial charge >= 0.3 is 5.97 Å². The molecule has 102 valence electrons. The van der Waals surface area contributed by atoms with E-state index in [-0.39, 0.29) is 24.2 Å². The third-order valence-corrected chi connectivity index (χ3v) is 4.38. The zero-order chi connectivity index (χ0) is 13.4. The standard InChI is InChI=1S/C15H19NO3/c1-16-11-7-12(9-13(16)14(17)8-11)19-15(18)10-5-3-2-4-6-10/h2-6,11-14,17H,7-9H2,1H3. The van der Waals surface area contributed by atoms with E-state index in [0.717, 1.165) is 19.3 Å². The van der Waals surface area contributed by atoms with Crippen LogP contribution in [0, 0.1) is 0 Å². The monoisotopic (exact) mass is 261 g/mol. The second kappa shape index (κ2) is 4.94.